The lowest BCUT2D eigenvalue weighted by Crippen LogP contribution is -2.44. The maximum atomic E-state index is 12.4. The Morgan fingerprint density at radius 1 is 1.53 bits per heavy atom. The molecule has 2 heterocycles. The smallest absolute Gasteiger partial charge is 0.226 e. The topological polar surface area (TPSA) is 20.3 Å². The first-order valence-electron chi connectivity index (χ1n) is 6.68. The van der Waals surface area contributed by atoms with Crippen molar-refractivity contribution in [2.45, 2.75) is 45.1 Å². The second-order valence-corrected chi connectivity index (χ2v) is 6.13. The zero-order chi connectivity index (χ0) is 11.8. The Labute approximate surface area is 107 Å². The molecule has 1 atom stereocenters. The molecule has 2 aliphatic rings. The summed E-state index contributed by atoms with van der Waals surface area (Å²) < 4.78 is 0. The van der Waals surface area contributed by atoms with E-state index in [4.69, 9.17) is 0 Å². The van der Waals surface area contributed by atoms with Crippen LogP contribution in [0.5, 0.6) is 0 Å². The molecule has 0 N–H and O–H groups in total. The number of hydrogen-bond donors (Lipinski definition) is 0. The summed E-state index contributed by atoms with van der Waals surface area (Å²) in [6.07, 6.45) is 5.57. The number of fused-ring (bicyclic) bond motifs is 1. The van der Waals surface area contributed by atoms with E-state index in [9.17, 15) is 4.79 Å². The molecule has 1 unspecified atom stereocenters. The van der Waals surface area contributed by atoms with E-state index in [0.717, 1.165) is 32.2 Å². The van der Waals surface area contributed by atoms with E-state index in [1.807, 2.05) is 11.3 Å². The molecule has 1 fully saturated rings. The molecule has 2 nitrogen and oxygen atoms in total. The summed E-state index contributed by atoms with van der Waals surface area (Å²) in [5.74, 6) is 0.754. The van der Waals surface area contributed by atoms with Crippen LogP contribution in [0.15, 0.2) is 11.4 Å². The summed E-state index contributed by atoms with van der Waals surface area (Å²) in [6, 6.07) is 2.56. The number of amides is 1. The van der Waals surface area contributed by atoms with Gasteiger partial charge in [0.1, 0.15) is 0 Å². The van der Waals surface area contributed by atoms with Gasteiger partial charge in [-0.1, -0.05) is 13.3 Å². The van der Waals surface area contributed by atoms with E-state index in [2.05, 4.69) is 23.3 Å². The molecule has 0 aromatic carbocycles. The minimum Gasteiger partial charge on any atom is -0.335 e. The molecule has 1 aromatic rings. The molecular weight excluding hydrogens is 230 g/mol. The highest BCUT2D eigenvalue weighted by Gasteiger charge is 2.35. The van der Waals surface area contributed by atoms with Crippen molar-refractivity contribution in [3.63, 3.8) is 0 Å². The monoisotopic (exact) mass is 249 g/mol. The van der Waals surface area contributed by atoms with Crippen LogP contribution in [0.3, 0.4) is 0 Å². The minimum absolute atomic E-state index is 0.337. The van der Waals surface area contributed by atoms with E-state index in [-0.39, 0.29) is 0 Å². The molecule has 1 aromatic heterocycles. The highest BCUT2D eigenvalue weighted by atomic mass is 32.1. The second kappa shape index (κ2) is 4.45. The largest absolute Gasteiger partial charge is 0.335 e. The first-order chi connectivity index (χ1) is 8.31. The van der Waals surface area contributed by atoms with Crippen LogP contribution in [0.1, 0.15) is 49.1 Å². The van der Waals surface area contributed by atoms with Gasteiger partial charge in [0.25, 0.3) is 0 Å². The molecular formula is C14H19NOS. The Hall–Kier alpha value is -0.830. The average molecular weight is 249 g/mol. The summed E-state index contributed by atoms with van der Waals surface area (Å²) in [5, 5.41) is 2.17. The third-order valence-corrected chi connectivity index (χ3v) is 5.22. The fourth-order valence-corrected chi connectivity index (χ4v) is 3.92. The van der Waals surface area contributed by atoms with Crippen molar-refractivity contribution >= 4 is 17.2 Å². The van der Waals surface area contributed by atoms with E-state index in [1.54, 1.807) is 0 Å². The first kappa shape index (κ1) is 11.3. The number of hydrogen-bond acceptors (Lipinski definition) is 2. The summed E-state index contributed by atoms with van der Waals surface area (Å²) >= 11 is 1.85. The Morgan fingerprint density at radius 2 is 2.35 bits per heavy atom. The van der Waals surface area contributed by atoms with Crippen LogP contribution >= 0.6 is 11.3 Å². The number of nitrogens with zero attached hydrogens (tertiary/aromatic N) is 1. The van der Waals surface area contributed by atoms with E-state index >= 15 is 0 Å². The number of carbonyl (C=O) groups excluding carboxylic acids is 1. The zero-order valence-corrected chi connectivity index (χ0v) is 11.1. The summed E-state index contributed by atoms with van der Waals surface area (Å²) in [6.45, 7) is 3.12. The predicted molar refractivity (Wildman–Crippen MR) is 70.1 cm³/mol. The lowest BCUT2D eigenvalue weighted by molar-refractivity contribution is -0.141. The van der Waals surface area contributed by atoms with Crippen LogP contribution in [0.2, 0.25) is 0 Å². The molecule has 0 spiro atoms. The second-order valence-electron chi connectivity index (χ2n) is 5.13. The maximum Gasteiger partial charge on any atom is 0.226 e. The molecule has 1 aliphatic heterocycles. The first-order valence-corrected chi connectivity index (χ1v) is 7.56. The molecule has 0 bridgehead atoms. The van der Waals surface area contributed by atoms with Gasteiger partial charge in [-0.3, -0.25) is 4.79 Å². The molecule has 3 rings (SSSR count). The van der Waals surface area contributed by atoms with E-state index in [0.29, 0.717) is 17.9 Å². The maximum absolute atomic E-state index is 12.4. The van der Waals surface area contributed by atoms with Gasteiger partial charge in [0.2, 0.25) is 5.91 Å². The van der Waals surface area contributed by atoms with Crippen molar-refractivity contribution in [3.05, 3.63) is 21.9 Å². The van der Waals surface area contributed by atoms with Gasteiger partial charge in [-0.2, -0.15) is 0 Å². The lowest BCUT2D eigenvalue weighted by Gasteiger charge is -2.39. The molecule has 17 heavy (non-hydrogen) atoms. The Bertz CT molecular complexity index is 422. The van der Waals surface area contributed by atoms with Crippen molar-refractivity contribution in [2.24, 2.45) is 5.92 Å². The van der Waals surface area contributed by atoms with E-state index < -0.39 is 0 Å². The number of rotatable bonds is 2. The van der Waals surface area contributed by atoms with Gasteiger partial charge in [0, 0.05) is 17.3 Å². The van der Waals surface area contributed by atoms with Crippen molar-refractivity contribution in [1.29, 1.82) is 0 Å². The quantitative estimate of drug-likeness (QED) is 0.787. The molecule has 92 valence electrons. The van der Waals surface area contributed by atoms with Crippen molar-refractivity contribution in [1.82, 2.24) is 4.90 Å². The normalized spacial score (nSPS) is 24.3. The fourth-order valence-electron chi connectivity index (χ4n) is 2.99. The summed E-state index contributed by atoms with van der Waals surface area (Å²) in [5.41, 5.74) is 1.41. The van der Waals surface area contributed by atoms with Gasteiger partial charge in [-0.05, 0) is 42.7 Å². The zero-order valence-electron chi connectivity index (χ0n) is 10.3. The molecule has 0 saturated heterocycles. The minimum atomic E-state index is 0.337. The van der Waals surface area contributed by atoms with Gasteiger partial charge >= 0.3 is 0 Å². The van der Waals surface area contributed by atoms with Crippen molar-refractivity contribution in [2.75, 3.05) is 6.54 Å². The average Bonchev–Trinajstić information content (AvgIpc) is 2.72. The molecule has 1 saturated carbocycles. The molecule has 0 radical (unpaired) electrons. The molecule has 1 aliphatic carbocycles. The molecule has 3 heteroatoms. The lowest BCUT2D eigenvalue weighted by atomic mass is 9.83. The third kappa shape index (κ3) is 1.81. The Balaban J connectivity index is 1.84. The molecule has 1 amide bonds. The fraction of sp³-hybridized carbons (Fsp3) is 0.643. The van der Waals surface area contributed by atoms with Crippen LogP contribution < -0.4 is 0 Å². The summed E-state index contributed by atoms with van der Waals surface area (Å²) in [7, 11) is 0. The van der Waals surface area contributed by atoms with Crippen LogP contribution in [0.25, 0.3) is 0 Å². The van der Waals surface area contributed by atoms with Gasteiger partial charge < -0.3 is 4.90 Å². The standard InChI is InChI=1S/C14H19NOS/c1-2-12-11-7-9-17-13(11)6-8-15(12)14(16)10-4-3-5-10/h7,9-10,12H,2-6,8H2,1H3. The number of thiophene rings is 1. The van der Waals surface area contributed by atoms with E-state index in [1.165, 1.54) is 16.9 Å². The van der Waals surface area contributed by atoms with Gasteiger partial charge in [0.15, 0.2) is 0 Å². The van der Waals surface area contributed by atoms with Crippen molar-refractivity contribution < 1.29 is 4.79 Å². The van der Waals surface area contributed by atoms with Crippen LogP contribution in [-0.4, -0.2) is 17.4 Å². The third-order valence-electron chi connectivity index (χ3n) is 4.22. The highest BCUT2D eigenvalue weighted by Crippen LogP contribution is 2.38. The summed E-state index contributed by atoms with van der Waals surface area (Å²) in [4.78, 5) is 16.1. The highest BCUT2D eigenvalue weighted by molar-refractivity contribution is 7.10. The van der Waals surface area contributed by atoms with Crippen LogP contribution in [0, 0.1) is 5.92 Å². The number of carbonyl (C=O) groups is 1. The van der Waals surface area contributed by atoms with Crippen LogP contribution in [-0.2, 0) is 11.2 Å². The predicted octanol–water partition coefficient (Wildman–Crippen LogP) is 3.38. The Morgan fingerprint density at radius 3 is 3.00 bits per heavy atom. The Kier molecular flexibility index (Phi) is 2.95. The van der Waals surface area contributed by atoms with Crippen molar-refractivity contribution in [3.8, 4) is 0 Å². The SMILES string of the molecule is CCC1c2ccsc2CCN1C(=O)C1CCC1. The van der Waals surface area contributed by atoms with Gasteiger partial charge in [-0.25, -0.2) is 0 Å². The van der Waals surface area contributed by atoms with Gasteiger partial charge in [0.05, 0.1) is 6.04 Å². The van der Waals surface area contributed by atoms with Crippen LogP contribution in [0.4, 0.5) is 0 Å². The van der Waals surface area contributed by atoms with Gasteiger partial charge in [-0.15, -0.1) is 11.3 Å².